The quantitative estimate of drug-likeness (QED) is 0.295. The van der Waals surface area contributed by atoms with Crippen LogP contribution in [0.3, 0.4) is 0 Å². The standard InChI is InChI=1S/C23H17BrFNO4S/c1-2-28-19-12-14(11-18-23(27)30-22(26-18)20-8-5-9-31-20)10-16(24)21(19)29-13-15-6-3-4-7-17(15)25/h3-12H,2,13H2,1H3. The van der Waals surface area contributed by atoms with Gasteiger partial charge in [-0.15, -0.1) is 11.3 Å². The molecule has 8 heteroatoms. The topological polar surface area (TPSA) is 57.1 Å². The molecule has 0 saturated carbocycles. The molecule has 31 heavy (non-hydrogen) atoms. The predicted octanol–water partition coefficient (Wildman–Crippen LogP) is 5.97. The normalized spacial score (nSPS) is 14.5. The third-order valence-corrected chi connectivity index (χ3v) is 5.76. The first-order valence-corrected chi connectivity index (χ1v) is 11.1. The Bertz CT molecular complexity index is 1170. The number of rotatable bonds is 7. The second kappa shape index (κ2) is 9.45. The van der Waals surface area contributed by atoms with Crippen LogP contribution in [-0.2, 0) is 16.1 Å². The number of carbonyl (C=O) groups is 1. The van der Waals surface area contributed by atoms with E-state index in [2.05, 4.69) is 20.9 Å². The molecule has 0 saturated heterocycles. The molecule has 158 valence electrons. The first-order valence-electron chi connectivity index (χ1n) is 9.44. The summed E-state index contributed by atoms with van der Waals surface area (Å²) in [6.45, 7) is 2.31. The lowest BCUT2D eigenvalue weighted by molar-refractivity contribution is -0.129. The zero-order chi connectivity index (χ0) is 21.8. The molecule has 2 heterocycles. The Hall–Kier alpha value is -2.97. The number of thiophene rings is 1. The Balaban J connectivity index is 1.62. The van der Waals surface area contributed by atoms with Crippen molar-refractivity contribution in [1.29, 1.82) is 0 Å². The average molecular weight is 502 g/mol. The van der Waals surface area contributed by atoms with E-state index in [1.807, 2.05) is 24.4 Å². The number of aliphatic imine (C=N–C) groups is 1. The van der Waals surface area contributed by atoms with Crippen LogP contribution in [0.5, 0.6) is 11.5 Å². The van der Waals surface area contributed by atoms with E-state index in [4.69, 9.17) is 14.2 Å². The molecule has 1 aliphatic rings. The zero-order valence-electron chi connectivity index (χ0n) is 16.4. The lowest BCUT2D eigenvalue weighted by Gasteiger charge is -2.15. The Morgan fingerprint density at radius 2 is 2.03 bits per heavy atom. The molecular weight excluding hydrogens is 485 g/mol. The summed E-state index contributed by atoms with van der Waals surface area (Å²) < 4.78 is 31.4. The number of hydrogen-bond acceptors (Lipinski definition) is 6. The molecule has 0 unspecified atom stereocenters. The fourth-order valence-electron chi connectivity index (χ4n) is 2.91. The molecule has 0 atom stereocenters. The van der Waals surface area contributed by atoms with E-state index < -0.39 is 5.97 Å². The van der Waals surface area contributed by atoms with Crippen molar-refractivity contribution in [2.45, 2.75) is 13.5 Å². The fourth-order valence-corrected chi connectivity index (χ4v) is 4.14. The van der Waals surface area contributed by atoms with Gasteiger partial charge in [-0.25, -0.2) is 14.2 Å². The van der Waals surface area contributed by atoms with Gasteiger partial charge in [0.25, 0.3) is 0 Å². The molecule has 1 aliphatic heterocycles. The van der Waals surface area contributed by atoms with Crippen LogP contribution in [0.15, 0.2) is 69.1 Å². The number of halogens is 2. The summed E-state index contributed by atoms with van der Waals surface area (Å²) >= 11 is 4.93. The Kier molecular flexibility index (Phi) is 6.48. The van der Waals surface area contributed by atoms with Gasteiger partial charge in [0.15, 0.2) is 17.2 Å². The van der Waals surface area contributed by atoms with Gasteiger partial charge in [0, 0.05) is 5.56 Å². The minimum atomic E-state index is -0.516. The second-order valence-corrected chi connectivity index (χ2v) is 8.26. The summed E-state index contributed by atoms with van der Waals surface area (Å²) in [5.74, 6) is 0.354. The molecule has 4 rings (SSSR count). The van der Waals surface area contributed by atoms with Gasteiger partial charge in [-0.2, -0.15) is 0 Å². The highest BCUT2D eigenvalue weighted by Gasteiger charge is 2.25. The van der Waals surface area contributed by atoms with Crippen LogP contribution in [0, 0.1) is 5.82 Å². The van der Waals surface area contributed by atoms with Crippen LogP contribution in [0.4, 0.5) is 4.39 Å². The van der Waals surface area contributed by atoms with E-state index >= 15 is 0 Å². The van der Waals surface area contributed by atoms with E-state index in [-0.39, 0.29) is 18.1 Å². The number of hydrogen-bond donors (Lipinski definition) is 0. The maximum absolute atomic E-state index is 13.9. The van der Waals surface area contributed by atoms with Gasteiger partial charge in [-0.1, -0.05) is 24.3 Å². The molecular formula is C23H17BrFNO4S. The molecule has 0 amide bonds. The average Bonchev–Trinajstić information content (AvgIpc) is 3.39. The maximum Gasteiger partial charge on any atom is 0.363 e. The largest absolute Gasteiger partial charge is 0.490 e. The van der Waals surface area contributed by atoms with Crippen molar-refractivity contribution in [2.75, 3.05) is 6.61 Å². The minimum Gasteiger partial charge on any atom is -0.490 e. The smallest absolute Gasteiger partial charge is 0.363 e. The van der Waals surface area contributed by atoms with Crippen molar-refractivity contribution in [3.05, 3.63) is 85.9 Å². The van der Waals surface area contributed by atoms with Crippen molar-refractivity contribution in [1.82, 2.24) is 0 Å². The molecule has 0 fully saturated rings. The Morgan fingerprint density at radius 1 is 1.19 bits per heavy atom. The van der Waals surface area contributed by atoms with Gasteiger partial charge in [0.2, 0.25) is 5.90 Å². The van der Waals surface area contributed by atoms with E-state index in [9.17, 15) is 9.18 Å². The van der Waals surface area contributed by atoms with Gasteiger partial charge in [0.1, 0.15) is 12.4 Å². The van der Waals surface area contributed by atoms with Gasteiger partial charge < -0.3 is 14.2 Å². The number of benzene rings is 2. The first-order chi connectivity index (χ1) is 15.0. The van der Waals surface area contributed by atoms with Crippen molar-refractivity contribution in [3.8, 4) is 11.5 Å². The highest BCUT2D eigenvalue weighted by molar-refractivity contribution is 9.10. The number of esters is 1. The Labute approximate surface area is 190 Å². The molecule has 0 aliphatic carbocycles. The van der Waals surface area contributed by atoms with Crippen LogP contribution in [0.2, 0.25) is 0 Å². The molecule has 0 N–H and O–H groups in total. The fraction of sp³-hybridized carbons (Fsp3) is 0.130. The SMILES string of the molecule is CCOc1cc(C=C2N=C(c3cccs3)OC2=O)cc(Br)c1OCc1ccccc1F. The third-order valence-electron chi connectivity index (χ3n) is 4.32. The summed E-state index contributed by atoms with van der Waals surface area (Å²) in [4.78, 5) is 17.3. The van der Waals surface area contributed by atoms with Crippen LogP contribution in [0.1, 0.15) is 22.9 Å². The molecule has 3 aromatic rings. The molecule has 0 bridgehead atoms. The number of nitrogens with zero attached hydrogens (tertiary/aromatic N) is 1. The number of ether oxygens (including phenoxy) is 3. The second-order valence-electron chi connectivity index (χ2n) is 6.46. The maximum atomic E-state index is 13.9. The lowest BCUT2D eigenvalue weighted by Crippen LogP contribution is -2.04. The summed E-state index contributed by atoms with van der Waals surface area (Å²) in [6, 6.07) is 13.6. The van der Waals surface area contributed by atoms with Crippen molar-refractivity contribution in [3.63, 3.8) is 0 Å². The number of cyclic esters (lactones) is 1. The minimum absolute atomic E-state index is 0.0482. The molecule has 0 spiro atoms. The highest BCUT2D eigenvalue weighted by atomic mass is 79.9. The molecule has 5 nitrogen and oxygen atoms in total. The Morgan fingerprint density at radius 3 is 2.77 bits per heavy atom. The van der Waals surface area contributed by atoms with Crippen LogP contribution in [0.25, 0.3) is 6.08 Å². The summed E-state index contributed by atoms with van der Waals surface area (Å²) in [5.41, 5.74) is 1.31. The summed E-state index contributed by atoms with van der Waals surface area (Å²) in [7, 11) is 0. The molecule has 2 aromatic carbocycles. The van der Waals surface area contributed by atoms with Gasteiger partial charge >= 0.3 is 5.97 Å². The number of carbonyl (C=O) groups excluding carboxylic acids is 1. The summed E-state index contributed by atoms with van der Waals surface area (Å²) in [6.07, 6.45) is 1.62. The zero-order valence-corrected chi connectivity index (χ0v) is 18.8. The van der Waals surface area contributed by atoms with Crippen LogP contribution in [-0.4, -0.2) is 18.5 Å². The van der Waals surface area contributed by atoms with Crippen molar-refractivity contribution >= 4 is 45.2 Å². The summed E-state index contributed by atoms with van der Waals surface area (Å²) in [5, 5.41) is 1.89. The van der Waals surface area contributed by atoms with Crippen molar-refractivity contribution in [2.24, 2.45) is 4.99 Å². The lowest BCUT2D eigenvalue weighted by atomic mass is 10.1. The third kappa shape index (κ3) is 4.86. The van der Waals surface area contributed by atoms with E-state index in [0.717, 1.165) is 4.88 Å². The first kappa shape index (κ1) is 21.3. The van der Waals surface area contributed by atoms with Crippen LogP contribution < -0.4 is 9.47 Å². The van der Waals surface area contributed by atoms with E-state index in [0.29, 0.717) is 39.6 Å². The van der Waals surface area contributed by atoms with Crippen LogP contribution >= 0.6 is 27.3 Å². The monoisotopic (exact) mass is 501 g/mol. The predicted molar refractivity (Wildman–Crippen MR) is 121 cm³/mol. The van der Waals surface area contributed by atoms with Crippen molar-refractivity contribution < 1.29 is 23.4 Å². The molecule has 1 aromatic heterocycles. The van der Waals surface area contributed by atoms with E-state index in [1.165, 1.54) is 17.4 Å². The van der Waals surface area contributed by atoms with Gasteiger partial charge in [-0.3, -0.25) is 0 Å². The van der Waals surface area contributed by atoms with Gasteiger partial charge in [-0.05, 0) is 64.1 Å². The molecule has 0 radical (unpaired) electrons. The van der Waals surface area contributed by atoms with E-state index in [1.54, 1.807) is 36.4 Å². The van der Waals surface area contributed by atoms with Gasteiger partial charge in [0.05, 0.1) is 16.0 Å². The highest BCUT2D eigenvalue weighted by Crippen LogP contribution is 2.38.